The summed E-state index contributed by atoms with van der Waals surface area (Å²) in [4.78, 5) is 20.5. The van der Waals surface area contributed by atoms with E-state index in [0.717, 1.165) is 16.6 Å². The molecule has 0 bridgehead atoms. The minimum absolute atomic E-state index is 0.135. The van der Waals surface area contributed by atoms with E-state index in [1.54, 1.807) is 6.20 Å². The third kappa shape index (κ3) is 2.46. The molecule has 0 aliphatic carbocycles. The number of fused-ring (bicyclic) bond motifs is 1. The van der Waals surface area contributed by atoms with Gasteiger partial charge in [0.2, 0.25) is 5.91 Å². The number of anilines is 1. The lowest BCUT2D eigenvalue weighted by Crippen LogP contribution is -2.44. The van der Waals surface area contributed by atoms with Gasteiger partial charge in [0.05, 0.1) is 17.4 Å². The van der Waals surface area contributed by atoms with Gasteiger partial charge in [-0.3, -0.25) is 4.79 Å². The Bertz CT molecular complexity index is 877. The molecule has 1 aliphatic rings. The molecule has 7 nitrogen and oxygen atoms in total. The fraction of sp³-hybridized carbons (Fsp3) is 0.353. The number of carbonyl (C=O) groups is 1. The maximum absolute atomic E-state index is 13.1. The van der Waals surface area contributed by atoms with Gasteiger partial charge in [-0.15, -0.1) is 0 Å². The van der Waals surface area contributed by atoms with Crippen molar-refractivity contribution in [3.05, 3.63) is 42.0 Å². The van der Waals surface area contributed by atoms with Gasteiger partial charge in [-0.25, -0.2) is 4.98 Å². The summed E-state index contributed by atoms with van der Waals surface area (Å²) in [7, 11) is 0. The molecule has 24 heavy (non-hydrogen) atoms. The van der Waals surface area contributed by atoms with Crippen molar-refractivity contribution in [1.82, 2.24) is 15.1 Å². The number of hydrogen-bond acceptors (Lipinski definition) is 5. The lowest BCUT2D eigenvalue weighted by atomic mass is 9.77. The lowest BCUT2D eigenvalue weighted by molar-refractivity contribution is -0.126. The van der Waals surface area contributed by atoms with E-state index in [4.69, 9.17) is 9.26 Å². The highest BCUT2D eigenvalue weighted by molar-refractivity contribution is 5.99. The highest BCUT2D eigenvalue weighted by Crippen LogP contribution is 2.36. The summed E-state index contributed by atoms with van der Waals surface area (Å²) in [6, 6.07) is 5.62. The van der Waals surface area contributed by atoms with Crippen LogP contribution < -0.4 is 5.32 Å². The zero-order valence-corrected chi connectivity index (χ0v) is 13.3. The van der Waals surface area contributed by atoms with Crippen LogP contribution in [0, 0.1) is 6.92 Å². The summed E-state index contributed by atoms with van der Waals surface area (Å²) in [6.45, 7) is 2.87. The molecule has 7 heteroatoms. The molecule has 0 saturated carbocycles. The molecule has 0 aromatic carbocycles. The molecule has 1 fully saturated rings. The molecule has 4 rings (SSSR count). The predicted molar refractivity (Wildman–Crippen MR) is 87.7 cm³/mol. The van der Waals surface area contributed by atoms with Crippen molar-refractivity contribution in [3.63, 3.8) is 0 Å². The number of aromatic amines is 1. The topological polar surface area (TPSA) is 93.0 Å². The fourth-order valence-electron chi connectivity index (χ4n) is 3.15. The molecule has 1 saturated heterocycles. The molecule has 124 valence electrons. The molecular formula is C17H18N4O3. The standard InChI is InChI=1S/C17H18N4O3/c1-11-8-14(24-21-11)17(3-6-23-7-4-17)16(22)20-15-9-12-2-5-18-13(12)10-19-15/h2,5,8-10,18H,3-4,6-7H2,1H3,(H,19,20,22). The van der Waals surface area contributed by atoms with Crippen LogP contribution in [-0.4, -0.2) is 34.2 Å². The van der Waals surface area contributed by atoms with Gasteiger partial charge in [-0.05, 0) is 31.9 Å². The van der Waals surface area contributed by atoms with Crippen molar-refractivity contribution < 1.29 is 14.1 Å². The zero-order valence-electron chi connectivity index (χ0n) is 13.3. The first-order chi connectivity index (χ1) is 11.7. The van der Waals surface area contributed by atoms with Crippen molar-refractivity contribution in [2.24, 2.45) is 0 Å². The monoisotopic (exact) mass is 326 g/mol. The lowest BCUT2D eigenvalue weighted by Gasteiger charge is -2.33. The number of hydrogen-bond donors (Lipinski definition) is 2. The average molecular weight is 326 g/mol. The van der Waals surface area contributed by atoms with Crippen LogP contribution in [0.25, 0.3) is 10.9 Å². The molecule has 4 heterocycles. The number of pyridine rings is 1. The predicted octanol–water partition coefficient (Wildman–Crippen LogP) is 2.55. The summed E-state index contributed by atoms with van der Waals surface area (Å²) in [5.41, 5.74) is 0.920. The minimum atomic E-state index is -0.770. The maximum Gasteiger partial charge on any atom is 0.239 e. The Kier molecular flexibility index (Phi) is 3.57. The number of carbonyl (C=O) groups excluding carboxylic acids is 1. The van der Waals surface area contributed by atoms with Gasteiger partial charge < -0.3 is 19.6 Å². The SMILES string of the molecule is Cc1cc(C2(C(=O)Nc3cc4cc[nH]c4cn3)CCOCC2)on1. The van der Waals surface area contributed by atoms with Crippen LogP contribution in [-0.2, 0) is 14.9 Å². The Balaban J connectivity index is 1.65. The third-order valence-electron chi connectivity index (χ3n) is 4.56. The summed E-state index contributed by atoms with van der Waals surface area (Å²) < 4.78 is 10.9. The first-order valence-electron chi connectivity index (χ1n) is 7.93. The van der Waals surface area contributed by atoms with E-state index in [1.807, 2.05) is 31.3 Å². The quantitative estimate of drug-likeness (QED) is 0.771. The molecule has 0 spiro atoms. The Morgan fingerprint density at radius 3 is 2.92 bits per heavy atom. The van der Waals surface area contributed by atoms with E-state index >= 15 is 0 Å². The van der Waals surface area contributed by atoms with E-state index in [-0.39, 0.29) is 5.91 Å². The number of nitrogens with one attached hydrogen (secondary N) is 2. The maximum atomic E-state index is 13.1. The number of ether oxygens (including phenoxy) is 1. The van der Waals surface area contributed by atoms with Crippen LogP contribution in [0.4, 0.5) is 5.82 Å². The Morgan fingerprint density at radius 2 is 2.17 bits per heavy atom. The van der Waals surface area contributed by atoms with Gasteiger partial charge in [-0.1, -0.05) is 5.16 Å². The van der Waals surface area contributed by atoms with Crippen LogP contribution in [0.3, 0.4) is 0 Å². The van der Waals surface area contributed by atoms with Crippen molar-refractivity contribution in [1.29, 1.82) is 0 Å². The molecule has 0 unspecified atom stereocenters. The molecule has 2 N–H and O–H groups in total. The molecular weight excluding hydrogens is 308 g/mol. The third-order valence-corrected chi connectivity index (χ3v) is 4.56. The highest BCUT2D eigenvalue weighted by atomic mass is 16.5. The molecule has 0 atom stereocenters. The summed E-state index contributed by atoms with van der Waals surface area (Å²) in [5, 5.41) is 7.88. The molecule has 1 aliphatic heterocycles. The van der Waals surface area contributed by atoms with Crippen molar-refractivity contribution >= 4 is 22.6 Å². The normalized spacial score (nSPS) is 17.0. The summed E-state index contributed by atoms with van der Waals surface area (Å²) >= 11 is 0. The Hall–Kier alpha value is -2.67. The Labute approximate surface area is 138 Å². The van der Waals surface area contributed by atoms with E-state index in [2.05, 4.69) is 20.4 Å². The first-order valence-corrected chi connectivity index (χ1v) is 7.93. The van der Waals surface area contributed by atoms with Gasteiger partial charge in [0.25, 0.3) is 0 Å². The Morgan fingerprint density at radius 1 is 1.33 bits per heavy atom. The van der Waals surface area contributed by atoms with E-state index in [9.17, 15) is 4.79 Å². The van der Waals surface area contributed by atoms with Crippen LogP contribution in [0.2, 0.25) is 0 Å². The minimum Gasteiger partial charge on any atom is -0.381 e. The second-order valence-corrected chi connectivity index (χ2v) is 6.12. The van der Waals surface area contributed by atoms with E-state index in [0.29, 0.717) is 37.6 Å². The molecule has 0 radical (unpaired) electrons. The van der Waals surface area contributed by atoms with Crippen LogP contribution in [0.1, 0.15) is 24.3 Å². The molecule has 3 aromatic heterocycles. The van der Waals surface area contributed by atoms with Crippen LogP contribution in [0.15, 0.2) is 35.1 Å². The zero-order chi connectivity index (χ0) is 16.6. The number of rotatable bonds is 3. The van der Waals surface area contributed by atoms with Gasteiger partial charge in [0.15, 0.2) is 5.76 Å². The second kappa shape index (κ2) is 5.76. The van der Waals surface area contributed by atoms with Crippen molar-refractivity contribution in [2.45, 2.75) is 25.2 Å². The smallest absolute Gasteiger partial charge is 0.239 e. The summed E-state index contributed by atoms with van der Waals surface area (Å²) in [6.07, 6.45) is 4.66. The number of amides is 1. The van der Waals surface area contributed by atoms with Gasteiger partial charge >= 0.3 is 0 Å². The van der Waals surface area contributed by atoms with Gasteiger partial charge in [-0.2, -0.15) is 0 Å². The van der Waals surface area contributed by atoms with Crippen molar-refractivity contribution in [3.8, 4) is 0 Å². The summed E-state index contributed by atoms with van der Waals surface area (Å²) in [5.74, 6) is 0.974. The average Bonchev–Trinajstić information content (AvgIpc) is 3.24. The number of aryl methyl sites for hydroxylation is 1. The molecule has 3 aromatic rings. The number of H-pyrrole nitrogens is 1. The molecule has 1 amide bonds. The number of nitrogens with zero attached hydrogens (tertiary/aromatic N) is 2. The number of aromatic nitrogens is 3. The van der Waals surface area contributed by atoms with Crippen LogP contribution >= 0.6 is 0 Å². The van der Waals surface area contributed by atoms with Crippen molar-refractivity contribution in [2.75, 3.05) is 18.5 Å². The van der Waals surface area contributed by atoms with E-state index in [1.165, 1.54) is 0 Å². The van der Waals surface area contributed by atoms with E-state index < -0.39 is 5.41 Å². The van der Waals surface area contributed by atoms with Crippen LogP contribution in [0.5, 0.6) is 0 Å². The second-order valence-electron chi connectivity index (χ2n) is 6.12. The van der Waals surface area contributed by atoms with Gasteiger partial charge in [0.1, 0.15) is 11.2 Å². The highest BCUT2D eigenvalue weighted by Gasteiger charge is 2.45. The largest absolute Gasteiger partial charge is 0.381 e. The van der Waals surface area contributed by atoms with Gasteiger partial charge in [0, 0.05) is 30.9 Å². The fourth-order valence-corrected chi connectivity index (χ4v) is 3.15. The first kappa shape index (κ1) is 14.9.